The van der Waals surface area contributed by atoms with Crippen molar-refractivity contribution in [3.05, 3.63) is 101 Å². The summed E-state index contributed by atoms with van der Waals surface area (Å²) in [6, 6.07) is 22.3. The number of hydrogen-bond donors (Lipinski definition) is 0. The smallest absolute Gasteiger partial charge is 0.268 e. The van der Waals surface area contributed by atoms with E-state index in [4.69, 9.17) is 0 Å². The highest BCUT2D eigenvalue weighted by atomic mass is 32.2. The molecule has 1 aliphatic heterocycles. The highest BCUT2D eigenvalue weighted by Crippen LogP contribution is 2.41. The van der Waals surface area contributed by atoms with Gasteiger partial charge in [-0.05, 0) is 48.9 Å². The standard InChI is InChI=1S/C23H16FNO2S/c1-15-7-13-18(14-8-15)25-22(26)20(16-9-11-17(24)12-10-16)21(23(25)27)28-19-5-3-2-4-6-19/h2-14H,1H3. The fraction of sp³-hybridized carbons (Fsp3) is 0.0435. The summed E-state index contributed by atoms with van der Waals surface area (Å²) in [5, 5.41) is 0. The van der Waals surface area contributed by atoms with Gasteiger partial charge < -0.3 is 0 Å². The molecule has 4 rings (SSSR count). The Morgan fingerprint density at radius 1 is 0.786 bits per heavy atom. The van der Waals surface area contributed by atoms with Gasteiger partial charge in [-0.1, -0.05) is 59.8 Å². The SMILES string of the molecule is Cc1ccc(N2C(=O)C(Sc3ccccc3)=C(c3ccc(F)cc3)C2=O)cc1. The van der Waals surface area contributed by atoms with E-state index in [1.54, 1.807) is 12.1 Å². The summed E-state index contributed by atoms with van der Waals surface area (Å²) in [5.41, 5.74) is 2.37. The largest absolute Gasteiger partial charge is 0.272 e. The van der Waals surface area contributed by atoms with Crippen LogP contribution in [-0.4, -0.2) is 11.8 Å². The highest BCUT2D eigenvalue weighted by molar-refractivity contribution is 8.04. The number of amides is 2. The normalized spacial score (nSPS) is 14.1. The van der Waals surface area contributed by atoms with Gasteiger partial charge in [0, 0.05) is 4.90 Å². The van der Waals surface area contributed by atoms with E-state index in [1.165, 1.54) is 40.9 Å². The first kappa shape index (κ1) is 18.2. The van der Waals surface area contributed by atoms with E-state index in [-0.39, 0.29) is 5.91 Å². The second-order valence-electron chi connectivity index (χ2n) is 6.41. The molecule has 3 aromatic rings. The van der Waals surface area contributed by atoms with Gasteiger partial charge in [0.25, 0.3) is 11.8 Å². The molecule has 1 aliphatic rings. The minimum Gasteiger partial charge on any atom is -0.268 e. The van der Waals surface area contributed by atoms with Crippen LogP contribution in [0.5, 0.6) is 0 Å². The molecular formula is C23H16FNO2S. The molecule has 0 aromatic heterocycles. The Labute approximate surface area is 166 Å². The average molecular weight is 389 g/mol. The second-order valence-corrected chi connectivity index (χ2v) is 7.49. The fourth-order valence-electron chi connectivity index (χ4n) is 3.01. The molecule has 2 amide bonds. The fourth-order valence-corrected chi connectivity index (χ4v) is 4.02. The average Bonchev–Trinajstić information content (AvgIpc) is 2.94. The molecule has 0 atom stereocenters. The van der Waals surface area contributed by atoms with E-state index >= 15 is 0 Å². The van der Waals surface area contributed by atoms with E-state index in [1.807, 2.05) is 49.4 Å². The minimum atomic E-state index is -0.404. The Kier molecular flexibility index (Phi) is 4.84. The quantitative estimate of drug-likeness (QED) is 0.575. The topological polar surface area (TPSA) is 37.4 Å². The molecular weight excluding hydrogens is 373 g/mol. The molecule has 0 fully saturated rings. The Hall–Kier alpha value is -3.18. The zero-order valence-corrected chi connectivity index (χ0v) is 15.9. The van der Waals surface area contributed by atoms with Crippen LogP contribution in [0.1, 0.15) is 11.1 Å². The molecule has 1 heterocycles. The molecule has 0 radical (unpaired) electrons. The second kappa shape index (κ2) is 7.44. The number of benzene rings is 3. The summed E-state index contributed by atoms with van der Waals surface area (Å²) >= 11 is 1.25. The van der Waals surface area contributed by atoms with Gasteiger partial charge in [-0.15, -0.1) is 0 Å². The minimum absolute atomic E-state index is 0.291. The molecule has 0 saturated heterocycles. The van der Waals surface area contributed by atoms with Crippen molar-refractivity contribution in [3.63, 3.8) is 0 Å². The zero-order chi connectivity index (χ0) is 19.7. The molecule has 3 aromatic carbocycles. The van der Waals surface area contributed by atoms with Crippen LogP contribution in [0, 0.1) is 12.7 Å². The molecule has 0 spiro atoms. The van der Waals surface area contributed by atoms with Crippen molar-refractivity contribution in [2.75, 3.05) is 4.90 Å². The third kappa shape index (κ3) is 3.37. The monoisotopic (exact) mass is 389 g/mol. The van der Waals surface area contributed by atoms with E-state index in [0.717, 1.165) is 10.5 Å². The van der Waals surface area contributed by atoms with E-state index in [9.17, 15) is 14.0 Å². The summed E-state index contributed by atoms with van der Waals surface area (Å²) in [5.74, 6) is -1.17. The maximum Gasteiger partial charge on any atom is 0.272 e. The van der Waals surface area contributed by atoms with Crippen molar-refractivity contribution in [2.24, 2.45) is 0 Å². The lowest BCUT2D eigenvalue weighted by atomic mass is 10.1. The van der Waals surface area contributed by atoms with E-state index in [0.29, 0.717) is 21.7 Å². The number of halogens is 1. The summed E-state index contributed by atoms with van der Waals surface area (Å²) in [6.07, 6.45) is 0. The number of nitrogens with zero attached hydrogens (tertiary/aromatic N) is 1. The van der Waals surface area contributed by atoms with Crippen LogP contribution >= 0.6 is 11.8 Å². The van der Waals surface area contributed by atoms with Crippen molar-refractivity contribution in [3.8, 4) is 0 Å². The summed E-state index contributed by atoms with van der Waals surface area (Å²) < 4.78 is 13.4. The van der Waals surface area contributed by atoms with Crippen molar-refractivity contribution in [2.45, 2.75) is 11.8 Å². The molecule has 0 unspecified atom stereocenters. The molecule has 3 nitrogen and oxygen atoms in total. The van der Waals surface area contributed by atoms with Crippen molar-refractivity contribution in [1.82, 2.24) is 0 Å². The molecule has 0 aliphatic carbocycles. The van der Waals surface area contributed by atoms with Gasteiger partial charge in [0.1, 0.15) is 5.82 Å². The molecule has 5 heteroatoms. The van der Waals surface area contributed by atoms with Crippen LogP contribution in [0.15, 0.2) is 88.7 Å². The van der Waals surface area contributed by atoms with Gasteiger partial charge in [0.2, 0.25) is 0 Å². The summed E-state index contributed by atoms with van der Waals surface area (Å²) in [7, 11) is 0. The lowest BCUT2D eigenvalue weighted by Crippen LogP contribution is -2.31. The van der Waals surface area contributed by atoms with Crippen molar-refractivity contribution in [1.29, 1.82) is 0 Å². The number of carbonyl (C=O) groups is 2. The number of anilines is 1. The number of thioether (sulfide) groups is 1. The van der Waals surface area contributed by atoms with Crippen molar-refractivity contribution < 1.29 is 14.0 Å². The highest BCUT2D eigenvalue weighted by Gasteiger charge is 2.40. The number of hydrogen-bond acceptors (Lipinski definition) is 3. The Balaban J connectivity index is 1.81. The Morgan fingerprint density at radius 2 is 1.43 bits per heavy atom. The molecule has 0 bridgehead atoms. The summed E-state index contributed by atoms with van der Waals surface area (Å²) in [6.45, 7) is 1.94. The number of rotatable bonds is 4. The Morgan fingerprint density at radius 3 is 2.07 bits per heavy atom. The predicted molar refractivity (Wildman–Crippen MR) is 109 cm³/mol. The van der Waals surface area contributed by atoms with Crippen LogP contribution < -0.4 is 4.90 Å². The van der Waals surface area contributed by atoms with Crippen LogP contribution in [-0.2, 0) is 9.59 Å². The van der Waals surface area contributed by atoms with Crippen molar-refractivity contribution >= 4 is 34.8 Å². The molecule has 0 saturated carbocycles. The summed E-state index contributed by atoms with van der Waals surface area (Å²) in [4.78, 5) is 28.8. The van der Waals surface area contributed by atoms with Gasteiger partial charge in [0.05, 0.1) is 16.2 Å². The molecule has 138 valence electrons. The van der Waals surface area contributed by atoms with Gasteiger partial charge in [-0.2, -0.15) is 0 Å². The molecule has 28 heavy (non-hydrogen) atoms. The van der Waals surface area contributed by atoms with Gasteiger partial charge in [-0.3, -0.25) is 9.59 Å². The number of carbonyl (C=O) groups excluding carboxylic acids is 2. The lowest BCUT2D eigenvalue weighted by molar-refractivity contribution is -0.119. The third-order valence-corrected chi connectivity index (χ3v) is 5.52. The van der Waals surface area contributed by atoms with Gasteiger partial charge >= 0.3 is 0 Å². The Bertz CT molecular complexity index is 1070. The van der Waals surface area contributed by atoms with Crippen LogP contribution in [0.25, 0.3) is 5.57 Å². The molecule has 0 N–H and O–H groups in total. The third-order valence-electron chi connectivity index (χ3n) is 4.43. The van der Waals surface area contributed by atoms with E-state index < -0.39 is 11.7 Å². The van der Waals surface area contributed by atoms with E-state index in [2.05, 4.69) is 0 Å². The number of aryl methyl sites for hydroxylation is 1. The maximum atomic E-state index is 13.4. The van der Waals surface area contributed by atoms with Crippen LogP contribution in [0.2, 0.25) is 0 Å². The zero-order valence-electron chi connectivity index (χ0n) is 15.1. The van der Waals surface area contributed by atoms with Gasteiger partial charge in [-0.25, -0.2) is 9.29 Å². The van der Waals surface area contributed by atoms with Crippen LogP contribution in [0.4, 0.5) is 10.1 Å². The first-order valence-corrected chi connectivity index (χ1v) is 9.55. The predicted octanol–water partition coefficient (Wildman–Crippen LogP) is 5.21. The number of imide groups is 1. The van der Waals surface area contributed by atoms with Crippen LogP contribution in [0.3, 0.4) is 0 Å². The first-order valence-electron chi connectivity index (χ1n) is 8.73. The lowest BCUT2D eigenvalue weighted by Gasteiger charge is -2.15. The maximum absolute atomic E-state index is 13.4. The van der Waals surface area contributed by atoms with Gasteiger partial charge in [0.15, 0.2) is 0 Å². The first-order chi connectivity index (χ1) is 13.5.